The van der Waals surface area contributed by atoms with Gasteiger partial charge >= 0.3 is 0 Å². The molecule has 0 amide bonds. The molecule has 0 aliphatic rings. The second kappa shape index (κ2) is 2.18. The summed E-state index contributed by atoms with van der Waals surface area (Å²) in [6.45, 7) is 0. The largest absolute Gasteiger partial charge is 0.227 e. The average molecular weight is 152 g/mol. The molecule has 0 radical (unpaired) electrons. The Morgan fingerprint density at radius 1 is 1.40 bits per heavy atom. The number of hydrogen-bond donors (Lipinski definition) is 0. The molecule has 0 bridgehead atoms. The van der Waals surface area contributed by atoms with E-state index in [0.29, 0.717) is 0 Å². The minimum atomic E-state index is 0.845. The maximum absolute atomic E-state index is 4.04. The van der Waals surface area contributed by atoms with Crippen LogP contribution in [0.2, 0.25) is 0 Å². The molecule has 4 nitrogen and oxygen atoms in total. The van der Waals surface area contributed by atoms with Gasteiger partial charge < -0.3 is 0 Å². The van der Waals surface area contributed by atoms with Gasteiger partial charge in [-0.2, -0.15) is 4.68 Å². The SMILES string of the molecule is c1cn(-c2nccs2)nn1. The average Bonchev–Trinajstić information content (AvgIpc) is 2.59. The fourth-order valence-corrected chi connectivity index (χ4v) is 1.21. The third-order valence-corrected chi connectivity index (χ3v) is 1.80. The maximum atomic E-state index is 4.04. The van der Waals surface area contributed by atoms with E-state index in [1.165, 1.54) is 11.3 Å². The molecule has 0 aromatic carbocycles. The van der Waals surface area contributed by atoms with Crippen molar-refractivity contribution in [1.82, 2.24) is 20.0 Å². The van der Waals surface area contributed by atoms with Gasteiger partial charge in [0.15, 0.2) is 0 Å². The first-order valence-electron chi connectivity index (χ1n) is 2.73. The lowest BCUT2D eigenvalue weighted by Crippen LogP contribution is -1.92. The lowest BCUT2D eigenvalue weighted by Gasteiger charge is -1.87. The van der Waals surface area contributed by atoms with E-state index in [1.54, 1.807) is 23.3 Å². The van der Waals surface area contributed by atoms with Crippen molar-refractivity contribution in [3.63, 3.8) is 0 Å². The zero-order valence-corrected chi connectivity index (χ0v) is 5.82. The molecule has 2 rings (SSSR count). The van der Waals surface area contributed by atoms with Crippen molar-refractivity contribution in [3.8, 4) is 5.13 Å². The summed E-state index contributed by atoms with van der Waals surface area (Å²) in [5.74, 6) is 0. The van der Waals surface area contributed by atoms with Crippen LogP contribution in [0, 0.1) is 0 Å². The first kappa shape index (κ1) is 5.55. The second-order valence-corrected chi connectivity index (χ2v) is 2.54. The number of rotatable bonds is 1. The summed E-state index contributed by atoms with van der Waals surface area (Å²) >= 11 is 1.53. The zero-order valence-electron chi connectivity index (χ0n) is 5.01. The summed E-state index contributed by atoms with van der Waals surface area (Å²) in [5, 5.41) is 10.2. The van der Waals surface area contributed by atoms with Gasteiger partial charge in [-0.25, -0.2) is 4.98 Å². The second-order valence-electron chi connectivity index (χ2n) is 1.66. The molecule has 0 aliphatic carbocycles. The number of hydrogen-bond acceptors (Lipinski definition) is 4. The molecule has 0 N–H and O–H groups in total. The molecule has 0 saturated carbocycles. The predicted octanol–water partition coefficient (Wildman–Crippen LogP) is 0.724. The van der Waals surface area contributed by atoms with E-state index in [0.717, 1.165) is 5.13 Å². The minimum absolute atomic E-state index is 0.845. The normalized spacial score (nSPS) is 10.0. The van der Waals surface area contributed by atoms with Crippen molar-refractivity contribution in [2.75, 3.05) is 0 Å². The third-order valence-electron chi connectivity index (χ3n) is 1.04. The minimum Gasteiger partial charge on any atom is -0.227 e. The van der Waals surface area contributed by atoms with Gasteiger partial charge in [0.2, 0.25) is 5.13 Å². The van der Waals surface area contributed by atoms with E-state index in [1.807, 2.05) is 5.38 Å². The monoisotopic (exact) mass is 152 g/mol. The summed E-state index contributed by atoms with van der Waals surface area (Å²) in [6.07, 6.45) is 5.13. The van der Waals surface area contributed by atoms with E-state index in [2.05, 4.69) is 15.3 Å². The first-order chi connectivity index (χ1) is 4.97. The van der Waals surface area contributed by atoms with Gasteiger partial charge in [0.1, 0.15) is 0 Å². The van der Waals surface area contributed by atoms with Crippen LogP contribution in [0.15, 0.2) is 24.0 Å². The van der Waals surface area contributed by atoms with Crippen LogP contribution in [-0.2, 0) is 0 Å². The van der Waals surface area contributed by atoms with E-state index in [4.69, 9.17) is 0 Å². The molecular weight excluding hydrogens is 148 g/mol. The molecule has 2 heterocycles. The highest BCUT2D eigenvalue weighted by Gasteiger charge is 1.95. The van der Waals surface area contributed by atoms with E-state index in [-0.39, 0.29) is 0 Å². The number of thiazole rings is 1. The van der Waals surface area contributed by atoms with E-state index >= 15 is 0 Å². The molecule has 0 atom stereocenters. The Bertz CT molecular complexity index is 253. The summed E-state index contributed by atoms with van der Waals surface area (Å²) in [5.41, 5.74) is 0. The molecule has 0 unspecified atom stereocenters. The highest BCUT2D eigenvalue weighted by atomic mass is 32.1. The summed E-state index contributed by atoms with van der Waals surface area (Å²) in [6, 6.07) is 0. The van der Waals surface area contributed by atoms with Gasteiger partial charge in [-0.05, 0) is 0 Å². The van der Waals surface area contributed by atoms with Crippen LogP contribution in [0.5, 0.6) is 0 Å². The van der Waals surface area contributed by atoms with Gasteiger partial charge in [-0.3, -0.25) is 0 Å². The quantitative estimate of drug-likeness (QED) is 0.604. The summed E-state index contributed by atoms with van der Waals surface area (Å²) in [4.78, 5) is 4.04. The smallest absolute Gasteiger partial charge is 0.211 e. The molecule has 0 aliphatic heterocycles. The molecule has 10 heavy (non-hydrogen) atoms. The first-order valence-corrected chi connectivity index (χ1v) is 3.61. The van der Waals surface area contributed by atoms with Gasteiger partial charge in [-0.15, -0.1) is 16.4 Å². The highest BCUT2D eigenvalue weighted by Crippen LogP contribution is 2.07. The third kappa shape index (κ3) is 0.801. The van der Waals surface area contributed by atoms with Gasteiger partial charge in [0.05, 0.1) is 12.4 Å². The van der Waals surface area contributed by atoms with Crippen LogP contribution in [0.25, 0.3) is 5.13 Å². The number of nitrogens with zero attached hydrogens (tertiary/aromatic N) is 4. The fraction of sp³-hybridized carbons (Fsp3) is 0. The van der Waals surface area contributed by atoms with Crippen molar-refractivity contribution in [2.24, 2.45) is 0 Å². The fourth-order valence-electron chi connectivity index (χ4n) is 0.639. The van der Waals surface area contributed by atoms with Gasteiger partial charge in [0.25, 0.3) is 0 Å². The lowest BCUT2D eigenvalue weighted by atomic mass is 10.9. The summed E-state index contributed by atoms with van der Waals surface area (Å²) < 4.78 is 1.63. The predicted molar refractivity (Wildman–Crippen MR) is 37.0 cm³/mol. The Hall–Kier alpha value is -1.23. The van der Waals surface area contributed by atoms with Gasteiger partial charge in [0, 0.05) is 11.6 Å². The van der Waals surface area contributed by atoms with Crippen LogP contribution < -0.4 is 0 Å². The molecule has 2 aromatic rings. The van der Waals surface area contributed by atoms with Crippen molar-refractivity contribution < 1.29 is 0 Å². The molecule has 0 saturated heterocycles. The van der Waals surface area contributed by atoms with Crippen molar-refractivity contribution in [3.05, 3.63) is 24.0 Å². The molecule has 50 valence electrons. The highest BCUT2D eigenvalue weighted by molar-refractivity contribution is 7.12. The Balaban J connectivity index is 2.48. The van der Waals surface area contributed by atoms with Crippen molar-refractivity contribution in [2.45, 2.75) is 0 Å². The number of aromatic nitrogens is 4. The van der Waals surface area contributed by atoms with E-state index in [9.17, 15) is 0 Å². The molecule has 0 spiro atoms. The molecular formula is C5H4N4S. The van der Waals surface area contributed by atoms with Crippen LogP contribution in [-0.4, -0.2) is 20.0 Å². The van der Waals surface area contributed by atoms with Crippen molar-refractivity contribution >= 4 is 11.3 Å². The van der Waals surface area contributed by atoms with Crippen LogP contribution in [0.1, 0.15) is 0 Å². The Labute approximate surface area is 61.1 Å². The molecule has 0 fully saturated rings. The lowest BCUT2D eigenvalue weighted by molar-refractivity contribution is 0.797. The Kier molecular flexibility index (Phi) is 1.21. The maximum Gasteiger partial charge on any atom is 0.211 e. The van der Waals surface area contributed by atoms with Crippen LogP contribution in [0.3, 0.4) is 0 Å². The van der Waals surface area contributed by atoms with Crippen molar-refractivity contribution in [1.29, 1.82) is 0 Å². The Morgan fingerprint density at radius 3 is 3.00 bits per heavy atom. The van der Waals surface area contributed by atoms with Crippen LogP contribution >= 0.6 is 11.3 Å². The summed E-state index contributed by atoms with van der Waals surface area (Å²) in [7, 11) is 0. The standard InChI is InChI=1S/C5H4N4S/c1-3-9(8-7-1)5-6-2-4-10-5/h1-4H. The Morgan fingerprint density at radius 2 is 2.40 bits per heavy atom. The van der Waals surface area contributed by atoms with Gasteiger partial charge in [-0.1, -0.05) is 5.21 Å². The topological polar surface area (TPSA) is 43.6 Å². The van der Waals surface area contributed by atoms with E-state index < -0.39 is 0 Å². The zero-order chi connectivity index (χ0) is 6.81. The molecule has 2 aromatic heterocycles. The molecule has 5 heteroatoms. The van der Waals surface area contributed by atoms with Crippen LogP contribution in [0.4, 0.5) is 0 Å².